The first-order chi connectivity index (χ1) is 8.06. The lowest BCUT2D eigenvalue weighted by molar-refractivity contribution is 0.0690. The molecule has 0 radical (unpaired) electrons. The molecule has 0 bridgehead atoms. The summed E-state index contributed by atoms with van der Waals surface area (Å²) in [6.45, 7) is 3.91. The van der Waals surface area contributed by atoms with Crippen molar-refractivity contribution in [2.45, 2.75) is 13.8 Å². The van der Waals surface area contributed by atoms with Crippen molar-refractivity contribution in [2.75, 3.05) is 5.32 Å². The van der Waals surface area contributed by atoms with E-state index in [4.69, 9.17) is 5.11 Å². The van der Waals surface area contributed by atoms with Crippen LogP contribution in [0.1, 0.15) is 21.1 Å². The van der Waals surface area contributed by atoms with Crippen molar-refractivity contribution in [3.63, 3.8) is 0 Å². The van der Waals surface area contributed by atoms with Crippen LogP contribution in [0.4, 0.5) is 10.9 Å². The molecule has 6 nitrogen and oxygen atoms in total. The molecule has 2 aromatic heterocycles. The predicted octanol–water partition coefficient (Wildman–Crippen LogP) is 1.99. The molecule has 0 saturated heterocycles. The van der Waals surface area contributed by atoms with E-state index in [-0.39, 0.29) is 5.69 Å². The van der Waals surface area contributed by atoms with E-state index in [1.54, 1.807) is 0 Å². The standard InChI is InChI=1S/C10H10N4O2S/c1-5-6(2)17-10(13-5)14-8-4-11-7(3-12-8)9(15)16/h3-4H,1-2H3,(H,15,16)(H,12,13,14). The number of rotatable bonds is 3. The number of carboxylic acid groups (broad SMARTS) is 1. The Balaban J connectivity index is 2.16. The van der Waals surface area contributed by atoms with Gasteiger partial charge in [0, 0.05) is 4.88 Å². The number of aromatic nitrogens is 3. The summed E-state index contributed by atoms with van der Waals surface area (Å²) in [7, 11) is 0. The summed E-state index contributed by atoms with van der Waals surface area (Å²) >= 11 is 1.51. The highest BCUT2D eigenvalue weighted by molar-refractivity contribution is 7.15. The van der Waals surface area contributed by atoms with Crippen molar-refractivity contribution in [1.29, 1.82) is 0 Å². The minimum atomic E-state index is -1.09. The highest BCUT2D eigenvalue weighted by Gasteiger charge is 2.07. The Bertz CT molecular complexity index is 530. The van der Waals surface area contributed by atoms with Gasteiger partial charge in [-0.1, -0.05) is 0 Å². The van der Waals surface area contributed by atoms with Crippen LogP contribution in [0.5, 0.6) is 0 Å². The highest BCUT2D eigenvalue weighted by Crippen LogP contribution is 2.23. The SMILES string of the molecule is Cc1nc(Nc2cnc(C(=O)O)cn2)sc1C. The minimum absolute atomic E-state index is 0.0814. The van der Waals surface area contributed by atoms with Gasteiger partial charge < -0.3 is 10.4 Å². The highest BCUT2D eigenvalue weighted by atomic mass is 32.1. The lowest BCUT2D eigenvalue weighted by Gasteiger charge is -2.00. The molecule has 0 saturated carbocycles. The molecule has 2 N–H and O–H groups in total. The van der Waals surface area contributed by atoms with Gasteiger partial charge >= 0.3 is 5.97 Å². The van der Waals surface area contributed by atoms with Gasteiger partial charge in [0.1, 0.15) is 0 Å². The third-order valence-electron chi connectivity index (χ3n) is 2.13. The van der Waals surface area contributed by atoms with Crippen LogP contribution in [-0.2, 0) is 0 Å². The average Bonchev–Trinajstić information content (AvgIpc) is 2.58. The molecule has 0 atom stereocenters. The Morgan fingerprint density at radius 2 is 2.12 bits per heavy atom. The number of nitrogens with one attached hydrogen (secondary N) is 1. The number of thiazole rings is 1. The summed E-state index contributed by atoms with van der Waals surface area (Å²) in [6, 6.07) is 0. The van der Waals surface area contributed by atoms with Crippen LogP contribution < -0.4 is 5.32 Å². The van der Waals surface area contributed by atoms with Crippen LogP contribution in [0, 0.1) is 13.8 Å². The van der Waals surface area contributed by atoms with Gasteiger partial charge in [-0.05, 0) is 13.8 Å². The number of carbonyl (C=O) groups is 1. The van der Waals surface area contributed by atoms with Gasteiger partial charge in [0.15, 0.2) is 16.6 Å². The first kappa shape index (κ1) is 11.5. The normalized spacial score (nSPS) is 10.2. The summed E-state index contributed by atoms with van der Waals surface area (Å²) in [5.74, 6) is -0.617. The van der Waals surface area contributed by atoms with Gasteiger partial charge in [-0.25, -0.2) is 19.7 Å². The fourth-order valence-electron chi connectivity index (χ4n) is 1.14. The van der Waals surface area contributed by atoms with E-state index in [0.29, 0.717) is 5.82 Å². The maximum atomic E-state index is 10.6. The Labute approximate surface area is 101 Å². The second-order valence-corrected chi connectivity index (χ2v) is 4.58. The van der Waals surface area contributed by atoms with Crippen LogP contribution in [0.25, 0.3) is 0 Å². The zero-order chi connectivity index (χ0) is 12.4. The van der Waals surface area contributed by atoms with Gasteiger partial charge in [-0.3, -0.25) is 0 Å². The van der Waals surface area contributed by atoms with E-state index in [1.165, 1.54) is 23.7 Å². The molecule has 7 heteroatoms. The summed E-state index contributed by atoms with van der Waals surface area (Å²) in [5.41, 5.74) is 0.884. The van der Waals surface area contributed by atoms with Crippen molar-refractivity contribution < 1.29 is 9.90 Å². The number of carboxylic acids is 1. The molecule has 2 rings (SSSR count). The lowest BCUT2D eigenvalue weighted by Crippen LogP contribution is -2.02. The lowest BCUT2D eigenvalue weighted by atomic mass is 10.4. The molecule has 0 unspecified atom stereocenters. The Morgan fingerprint density at radius 1 is 1.35 bits per heavy atom. The third-order valence-corrected chi connectivity index (χ3v) is 3.12. The molecule has 88 valence electrons. The van der Waals surface area contributed by atoms with Crippen molar-refractivity contribution in [3.05, 3.63) is 28.7 Å². The zero-order valence-corrected chi connectivity index (χ0v) is 10.1. The number of hydrogen-bond acceptors (Lipinski definition) is 6. The smallest absolute Gasteiger partial charge is 0.356 e. The molecule has 2 aromatic rings. The van der Waals surface area contributed by atoms with Crippen LogP contribution in [0.3, 0.4) is 0 Å². The minimum Gasteiger partial charge on any atom is -0.476 e. The molecule has 0 fully saturated rings. The molecule has 0 aliphatic carbocycles. The second kappa shape index (κ2) is 4.46. The van der Waals surface area contributed by atoms with Crippen molar-refractivity contribution in [3.8, 4) is 0 Å². The monoisotopic (exact) mass is 250 g/mol. The number of aryl methyl sites for hydroxylation is 2. The van der Waals surface area contributed by atoms with Crippen LogP contribution >= 0.6 is 11.3 Å². The fraction of sp³-hybridized carbons (Fsp3) is 0.200. The third kappa shape index (κ3) is 2.56. The molecule has 0 amide bonds. The Hall–Kier alpha value is -2.02. The summed E-state index contributed by atoms with van der Waals surface area (Å²) < 4.78 is 0. The van der Waals surface area contributed by atoms with Crippen LogP contribution in [0.15, 0.2) is 12.4 Å². The Kier molecular flexibility index (Phi) is 3.01. The van der Waals surface area contributed by atoms with Gasteiger partial charge in [0.25, 0.3) is 0 Å². The Morgan fingerprint density at radius 3 is 2.59 bits per heavy atom. The fourth-order valence-corrected chi connectivity index (χ4v) is 1.96. The predicted molar refractivity (Wildman–Crippen MR) is 63.9 cm³/mol. The molecule has 0 aromatic carbocycles. The number of nitrogens with zero attached hydrogens (tertiary/aromatic N) is 3. The second-order valence-electron chi connectivity index (χ2n) is 3.38. The van der Waals surface area contributed by atoms with E-state index < -0.39 is 5.97 Å². The van der Waals surface area contributed by atoms with Crippen molar-refractivity contribution in [2.24, 2.45) is 0 Å². The number of anilines is 2. The largest absolute Gasteiger partial charge is 0.476 e. The number of aromatic carboxylic acids is 1. The molecular formula is C10H10N4O2S. The first-order valence-electron chi connectivity index (χ1n) is 4.82. The van der Waals surface area contributed by atoms with E-state index in [1.807, 2.05) is 13.8 Å². The van der Waals surface area contributed by atoms with E-state index >= 15 is 0 Å². The maximum absolute atomic E-state index is 10.6. The zero-order valence-electron chi connectivity index (χ0n) is 9.26. The summed E-state index contributed by atoms with van der Waals surface area (Å²) in [5, 5.41) is 12.4. The first-order valence-corrected chi connectivity index (χ1v) is 5.64. The average molecular weight is 250 g/mol. The molecule has 0 aliphatic rings. The van der Waals surface area contributed by atoms with Gasteiger partial charge in [-0.15, -0.1) is 11.3 Å². The molecule has 0 spiro atoms. The van der Waals surface area contributed by atoms with Crippen molar-refractivity contribution >= 4 is 28.3 Å². The molecule has 0 aliphatic heterocycles. The topological polar surface area (TPSA) is 88.0 Å². The maximum Gasteiger partial charge on any atom is 0.356 e. The van der Waals surface area contributed by atoms with Gasteiger partial charge in [0.05, 0.1) is 18.1 Å². The number of hydrogen-bond donors (Lipinski definition) is 2. The van der Waals surface area contributed by atoms with E-state index in [0.717, 1.165) is 15.7 Å². The molecule has 2 heterocycles. The summed E-state index contributed by atoms with van der Waals surface area (Å²) in [4.78, 5) is 23.7. The quantitative estimate of drug-likeness (QED) is 0.866. The van der Waals surface area contributed by atoms with Crippen molar-refractivity contribution in [1.82, 2.24) is 15.0 Å². The van der Waals surface area contributed by atoms with Crippen LogP contribution in [0.2, 0.25) is 0 Å². The van der Waals surface area contributed by atoms with Crippen LogP contribution in [-0.4, -0.2) is 26.0 Å². The van der Waals surface area contributed by atoms with E-state index in [9.17, 15) is 4.79 Å². The summed E-state index contributed by atoms with van der Waals surface area (Å²) in [6.07, 6.45) is 2.58. The molecular weight excluding hydrogens is 240 g/mol. The molecule has 17 heavy (non-hydrogen) atoms. The van der Waals surface area contributed by atoms with Gasteiger partial charge in [0.2, 0.25) is 0 Å². The van der Waals surface area contributed by atoms with Gasteiger partial charge in [-0.2, -0.15) is 0 Å². The van der Waals surface area contributed by atoms with E-state index in [2.05, 4.69) is 20.3 Å².